The van der Waals surface area contributed by atoms with Crippen molar-refractivity contribution < 1.29 is 18.9 Å². The molecule has 0 saturated carbocycles. The molecule has 0 spiro atoms. The normalized spacial score (nSPS) is 13.6. The minimum atomic E-state index is 0.886. The maximum Gasteiger partial charge on any atom is 0.122 e. The SMILES string of the molecule is COc1cc2c(C)cc1CCc1cc(OC)c(cc1C)CCc1cc(C)c(cc1OC)CCc1cc(C)c(cc1OC)CC2. The highest BCUT2D eigenvalue weighted by molar-refractivity contribution is 5.49. The van der Waals surface area contributed by atoms with Crippen molar-refractivity contribution >= 4 is 0 Å². The summed E-state index contributed by atoms with van der Waals surface area (Å²) in [6.07, 6.45) is 7.36. The maximum atomic E-state index is 5.92. The van der Waals surface area contributed by atoms with Gasteiger partial charge >= 0.3 is 0 Å². The number of rotatable bonds is 4. The maximum absolute atomic E-state index is 5.92. The van der Waals surface area contributed by atoms with Crippen molar-refractivity contribution in [2.45, 2.75) is 79.1 Å². The lowest BCUT2D eigenvalue weighted by molar-refractivity contribution is 0.404. The second-order valence-electron chi connectivity index (χ2n) is 12.4. The number of hydrogen-bond donors (Lipinski definition) is 0. The van der Waals surface area contributed by atoms with Crippen LogP contribution in [0.1, 0.15) is 66.8 Å². The first-order valence-corrected chi connectivity index (χ1v) is 15.9. The molecule has 0 amide bonds. The van der Waals surface area contributed by atoms with Crippen LogP contribution in [0.15, 0.2) is 48.5 Å². The van der Waals surface area contributed by atoms with Crippen molar-refractivity contribution in [1.29, 1.82) is 0 Å². The fourth-order valence-corrected chi connectivity index (χ4v) is 6.86. The molecule has 4 aromatic carbocycles. The highest BCUT2D eigenvalue weighted by atomic mass is 16.5. The molecule has 0 unspecified atom stereocenters. The van der Waals surface area contributed by atoms with E-state index >= 15 is 0 Å². The molecule has 44 heavy (non-hydrogen) atoms. The van der Waals surface area contributed by atoms with E-state index in [-0.39, 0.29) is 0 Å². The topological polar surface area (TPSA) is 36.9 Å². The van der Waals surface area contributed by atoms with Crippen LogP contribution in [0.2, 0.25) is 0 Å². The molecule has 10 aliphatic carbocycles. The van der Waals surface area contributed by atoms with Gasteiger partial charge in [0.1, 0.15) is 23.0 Å². The molecule has 10 aliphatic rings. The Morgan fingerprint density at radius 1 is 0.295 bits per heavy atom. The largest absolute Gasteiger partial charge is 0.496 e. The molecule has 4 heteroatoms. The number of benzene rings is 4. The highest BCUT2D eigenvalue weighted by Crippen LogP contribution is 2.33. The quantitative estimate of drug-likeness (QED) is 0.238. The molecule has 0 fully saturated rings. The zero-order valence-corrected chi connectivity index (χ0v) is 27.9. The molecule has 8 bridgehead atoms. The minimum absolute atomic E-state index is 0.886. The van der Waals surface area contributed by atoms with E-state index in [1.165, 1.54) is 66.8 Å². The molecule has 0 atom stereocenters. The van der Waals surface area contributed by atoms with Gasteiger partial charge in [-0.1, -0.05) is 24.3 Å². The van der Waals surface area contributed by atoms with E-state index in [4.69, 9.17) is 18.9 Å². The van der Waals surface area contributed by atoms with Crippen molar-refractivity contribution in [3.8, 4) is 23.0 Å². The number of ether oxygens (including phenoxy) is 4. The van der Waals surface area contributed by atoms with Crippen LogP contribution in [0, 0.1) is 27.7 Å². The Morgan fingerprint density at radius 2 is 0.477 bits per heavy atom. The van der Waals surface area contributed by atoms with Crippen molar-refractivity contribution in [3.05, 3.63) is 115 Å². The summed E-state index contributed by atoms with van der Waals surface area (Å²) in [6, 6.07) is 18.3. The molecule has 4 nitrogen and oxygen atoms in total. The van der Waals surface area contributed by atoms with Crippen molar-refractivity contribution in [2.24, 2.45) is 0 Å². The van der Waals surface area contributed by atoms with E-state index in [2.05, 4.69) is 76.2 Å². The van der Waals surface area contributed by atoms with Crippen LogP contribution in [0.3, 0.4) is 0 Å². The summed E-state index contributed by atoms with van der Waals surface area (Å²) in [5.74, 6) is 3.86. The van der Waals surface area contributed by atoms with Crippen LogP contribution < -0.4 is 18.9 Å². The van der Waals surface area contributed by atoms with Gasteiger partial charge in [-0.2, -0.15) is 0 Å². The number of aryl methyl sites for hydroxylation is 12. The van der Waals surface area contributed by atoms with Crippen LogP contribution in [0.5, 0.6) is 23.0 Å². The summed E-state index contributed by atoms with van der Waals surface area (Å²) < 4.78 is 23.7. The van der Waals surface area contributed by atoms with Crippen LogP contribution >= 0.6 is 0 Å². The van der Waals surface area contributed by atoms with Crippen LogP contribution in [0.4, 0.5) is 0 Å². The van der Waals surface area contributed by atoms with E-state index in [0.29, 0.717) is 0 Å². The molecular formula is C40H48O4. The van der Waals surface area contributed by atoms with Crippen molar-refractivity contribution in [1.82, 2.24) is 0 Å². The summed E-state index contributed by atoms with van der Waals surface area (Å²) in [6.45, 7) is 8.89. The van der Waals surface area contributed by atoms with E-state index in [0.717, 1.165) is 74.4 Å². The second kappa shape index (κ2) is 13.8. The lowest BCUT2D eigenvalue weighted by Crippen LogP contribution is -2.05. The third kappa shape index (κ3) is 6.75. The zero-order chi connectivity index (χ0) is 31.4. The fraction of sp³-hybridized carbons (Fsp3) is 0.400. The molecular weight excluding hydrogens is 544 g/mol. The van der Waals surface area contributed by atoms with E-state index < -0.39 is 0 Å². The first-order chi connectivity index (χ1) is 21.2. The van der Waals surface area contributed by atoms with E-state index in [1.807, 2.05) is 0 Å². The summed E-state index contributed by atoms with van der Waals surface area (Å²) in [7, 11) is 7.13. The monoisotopic (exact) mass is 592 g/mol. The Morgan fingerprint density at radius 3 is 0.659 bits per heavy atom. The molecule has 232 valence electrons. The van der Waals surface area contributed by atoms with Gasteiger partial charge in [-0.05, 0) is 170 Å². The molecule has 0 aromatic heterocycles. The third-order valence-corrected chi connectivity index (χ3v) is 9.61. The van der Waals surface area contributed by atoms with Crippen LogP contribution in [0.25, 0.3) is 0 Å². The zero-order valence-electron chi connectivity index (χ0n) is 27.9. The minimum Gasteiger partial charge on any atom is -0.496 e. The standard InChI is InChI=1S/C40H48O4/c1-25-17-33-13-11-31-23-39(43-7)35(19-27(31)3)15-16-36-20-28(4)32(24-40(36)44-8)12-14-34-18-26(2)30(22-38(34)42-6)10-9-29(25)21-37(33)41-5/h17-24H,9-16H2,1-8H3. The van der Waals surface area contributed by atoms with Gasteiger partial charge in [0.15, 0.2) is 0 Å². The molecule has 0 N–H and O–H groups in total. The predicted octanol–water partition coefficient (Wildman–Crippen LogP) is 8.41. The van der Waals surface area contributed by atoms with Crippen molar-refractivity contribution in [2.75, 3.05) is 28.4 Å². The van der Waals surface area contributed by atoms with Gasteiger partial charge in [-0.15, -0.1) is 0 Å². The molecule has 4 aromatic rings. The Labute approximate surface area is 264 Å². The summed E-state index contributed by atoms with van der Waals surface area (Å²) in [4.78, 5) is 0. The molecule has 0 aliphatic heterocycles. The number of hydrogen-bond acceptors (Lipinski definition) is 4. The van der Waals surface area contributed by atoms with Gasteiger partial charge in [0.25, 0.3) is 0 Å². The van der Waals surface area contributed by atoms with Gasteiger partial charge in [-0.25, -0.2) is 0 Å². The summed E-state index contributed by atoms with van der Waals surface area (Å²) >= 11 is 0. The Balaban J connectivity index is 1.56. The molecule has 0 saturated heterocycles. The third-order valence-electron chi connectivity index (χ3n) is 9.61. The second-order valence-corrected chi connectivity index (χ2v) is 12.4. The van der Waals surface area contributed by atoms with E-state index in [1.54, 1.807) is 28.4 Å². The van der Waals surface area contributed by atoms with Gasteiger partial charge in [-0.3, -0.25) is 0 Å². The number of methoxy groups -OCH3 is 4. The lowest BCUT2D eigenvalue weighted by atomic mass is 9.91. The van der Waals surface area contributed by atoms with Crippen molar-refractivity contribution in [3.63, 3.8) is 0 Å². The Hall–Kier alpha value is -3.92. The van der Waals surface area contributed by atoms with Gasteiger partial charge in [0.2, 0.25) is 0 Å². The Bertz CT molecular complexity index is 1530. The molecule has 0 heterocycles. The summed E-state index contributed by atoms with van der Waals surface area (Å²) in [5, 5.41) is 0. The highest BCUT2D eigenvalue weighted by Gasteiger charge is 2.16. The van der Waals surface area contributed by atoms with E-state index in [9.17, 15) is 0 Å². The summed E-state index contributed by atoms with van der Waals surface area (Å²) in [5.41, 5.74) is 15.5. The lowest BCUT2D eigenvalue weighted by Gasteiger charge is -2.18. The molecule has 14 rings (SSSR count). The van der Waals surface area contributed by atoms with Crippen LogP contribution in [-0.2, 0) is 51.4 Å². The van der Waals surface area contributed by atoms with Gasteiger partial charge in [0.05, 0.1) is 28.4 Å². The van der Waals surface area contributed by atoms with Crippen LogP contribution in [-0.4, -0.2) is 28.4 Å². The smallest absolute Gasteiger partial charge is 0.122 e. The average Bonchev–Trinajstić information content (AvgIpc) is 3.02. The average molecular weight is 593 g/mol. The first kappa shape index (κ1) is 31.5. The fourth-order valence-electron chi connectivity index (χ4n) is 6.86. The molecule has 0 radical (unpaired) electrons. The Kier molecular flexibility index (Phi) is 9.88. The van der Waals surface area contributed by atoms with Gasteiger partial charge < -0.3 is 18.9 Å². The van der Waals surface area contributed by atoms with Gasteiger partial charge in [0, 0.05) is 0 Å². The first-order valence-electron chi connectivity index (χ1n) is 15.9. The predicted molar refractivity (Wildman–Crippen MR) is 181 cm³/mol.